The zero-order chi connectivity index (χ0) is 24.1. The lowest BCUT2D eigenvalue weighted by Crippen LogP contribution is -2.56. The highest BCUT2D eigenvalue weighted by Crippen LogP contribution is 2.30. The number of nitrogens with one attached hydrogen (secondary N) is 1. The second-order valence-electron chi connectivity index (χ2n) is 8.85. The molecule has 6 rings (SSSR count). The third kappa shape index (κ3) is 3.75. The van der Waals surface area contributed by atoms with Crippen molar-refractivity contribution in [2.75, 3.05) is 26.2 Å². The van der Waals surface area contributed by atoms with Gasteiger partial charge in [0.25, 0.3) is 5.91 Å². The molecule has 4 aromatic rings. The highest BCUT2D eigenvalue weighted by atomic mass is 19.2. The number of aromatic amines is 1. The van der Waals surface area contributed by atoms with E-state index >= 15 is 0 Å². The minimum absolute atomic E-state index is 0.251. The van der Waals surface area contributed by atoms with Crippen molar-refractivity contribution in [3.05, 3.63) is 72.2 Å². The van der Waals surface area contributed by atoms with Crippen LogP contribution >= 0.6 is 0 Å². The van der Waals surface area contributed by atoms with Gasteiger partial charge >= 0.3 is 0 Å². The van der Waals surface area contributed by atoms with E-state index in [1.165, 1.54) is 11.2 Å². The highest BCUT2D eigenvalue weighted by molar-refractivity contribution is 5.95. The highest BCUT2D eigenvalue weighted by Gasteiger charge is 2.37. The van der Waals surface area contributed by atoms with Crippen molar-refractivity contribution < 1.29 is 18.0 Å². The summed E-state index contributed by atoms with van der Waals surface area (Å²) in [7, 11) is 0. The number of fused-ring (bicyclic) bond motifs is 1. The first-order chi connectivity index (χ1) is 17.0. The molecule has 2 aliphatic rings. The van der Waals surface area contributed by atoms with E-state index in [9.17, 15) is 18.0 Å². The van der Waals surface area contributed by atoms with Gasteiger partial charge < -0.3 is 9.88 Å². The van der Waals surface area contributed by atoms with Crippen LogP contribution in [0, 0.1) is 23.5 Å². The molecule has 1 radical (unpaired) electrons. The summed E-state index contributed by atoms with van der Waals surface area (Å²) in [6.45, 7) is 2.21. The molecule has 0 atom stereocenters. The van der Waals surface area contributed by atoms with Crippen molar-refractivity contribution in [2.45, 2.75) is 18.9 Å². The number of benzene rings is 1. The van der Waals surface area contributed by atoms with Crippen LogP contribution in [0.2, 0.25) is 0 Å². The molecule has 2 fully saturated rings. The molecule has 0 bridgehead atoms. The summed E-state index contributed by atoms with van der Waals surface area (Å²) in [5, 5.41) is 5.44. The maximum Gasteiger partial charge on any atom is 0.259 e. The van der Waals surface area contributed by atoms with Gasteiger partial charge in [-0.3, -0.25) is 14.4 Å². The minimum Gasteiger partial charge on any atom is -0.346 e. The predicted molar refractivity (Wildman–Crippen MR) is 121 cm³/mol. The number of rotatable bonds is 4. The lowest BCUT2D eigenvalue weighted by Gasteiger charge is -2.46. The smallest absolute Gasteiger partial charge is 0.259 e. The van der Waals surface area contributed by atoms with Crippen molar-refractivity contribution in [1.82, 2.24) is 34.5 Å². The van der Waals surface area contributed by atoms with Crippen LogP contribution in [-0.4, -0.2) is 72.7 Å². The van der Waals surface area contributed by atoms with E-state index in [1.807, 2.05) is 23.1 Å². The SMILES string of the molecule is O=C(c1c(F)ccc(F)c1F)N1CCC(N2C[C](n3cc(-c4ncnc5[nH]ccc45)cn3)C2)CC1. The number of aromatic nitrogens is 5. The third-order valence-corrected chi connectivity index (χ3v) is 6.83. The van der Waals surface area contributed by atoms with Gasteiger partial charge in [-0.2, -0.15) is 5.10 Å². The van der Waals surface area contributed by atoms with E-state index < -0.39 is 28.9 Å². The van der Waals surface area contributed by atoms with Crippen LogP contribution in [-0.2, 0) is 0 Å². The topological polar surface area (TPSA) is 82.9 Å². The fraction of sp³-hybridized carbons (Fsp3) is 0.292. The molecule has 0 spiro atoms. The Morgan fingerprint density at radius 1 is 1.03 bits per heavy atom. The fourth-order valence-corrected chi connectivity index (χ4v) is 4.86. The zero-order valence-electron chi connectivity index (χ0n) is 18.6. The largest absolute Gasteiger partial charge is 0.346 e. The van der Waals surface area contributed by atoms with Crippen molar-refractivity contribution in [3.8, 4) is 11.3 Å². The fourth-order valence-electron chi connectivity index (χ4n) is 4.86. The molecule has 1 N–H and O–H groups in total. The number of likely N-dealkylation sites (tertiary alicyclic amines) is 2. The van der Waals surface area contributed by atoms with Gasteiger partial charge in [-0.05, 0) is 31.0 Å². The molecule has 179 valence electrons. The number of hydrogen-bond acceptors (Lipinski definition) is 5. The van der Waals surface area contributed by atoms with Crippen LogP contribution in [0.3, 0.4) is 0 Å². The van der Waals surface area contributed by atoms with Gasteiger partial charge in [-0.1, -0.05) is 0 Å². The van der Waals surface area contributed by atoms with Crippen molar-refractivity contribution in [1.29, 1.82) is 0 Å². The number of carbonyl (C=O) groups excluding carboxylic acids is 1. The molecule has 2 saturated heterocycles. The summed E-state index contributed by atoms with van der Waals surface area (Å²) in [5.74, 6) is -4.51. The number of halogens is 3. The number of nitrogens with zero attached hydrogens (tertiary/aromatic N) is 6. The Balaban J connectivity index is 1.06. The van der Waals surface area contributed by atoms with E-state index in [-0.39, 0.29) is 6.04 Å². The number of amides is 1. The second kappa shape index (κ2) is 8.49. The molecule has 3 aromatic heterocycles. The first-order valence-corrected chi connectivity index (χ1v) is 11.3. The lowest BCUT2D eigenvalue weighted by molar-refractivity contribution is 0.0507. The molecular formula is C24H21F3N7O. The summed E-state index contributed by atoms with van der Waals surface area (Å²) in [6.07, 6.45) is 8.46. The van der Waals surface area contributed by atoms with Crippen molar-refractivity contribution in [3.63, 3.8) is 0 Å². The molecule has 8 nitrogen and oxygen atoms in total. The molecule has 5 heterocycles. The van der Waals surface area contributed by atoms with E-state index in [0.717, 1.165) is 47.5 Å². The molecule has 0 aliphatic carbocycles. The quantitative estimate of drug-likeness (QED) is 0.454. The first-order valence-electron chi connectivity index (χ1n) is 11.3. The Kier molecular flexibility index (Phi) is 5.28. The molecule has 2 aliphatic heterocycles. The Bertz CT molecular complexity index is 1400. The van der Waals surface area contributed by atoms with Crippen LogP contribution in [0.1, 0.15) is 23.2 Å². The van der Waals surface area contributed by atoms with Gasteiger partial charge in [0.15, 0.2) is 11.6 Å². The van der Waals surface area contributed by atoms with Gasteiger partial charge in [-0.15, -0.1) is 0 Å². The molecule has 0 saturated carbocycles. The number of piperidine rings is 1. The molecule has 35 heavy (non-hydrogen) atoms. The summed E-state index contributed by atoms with van der Waals surface area (Å²) in [6, 6.07) is 4.80. The van der Waals surface area contributed by atoms with E-state index in [0.29, 0.717) is 32.0 Å². The number of hydrogen-bond donors (Lipinski definition) is 1. The second-order valence-corrected chi connectivity index (χ2v) is 8.85. The standard InChI is InChI=1S/C24H21F3N7O/c25-18-1-2-19(26)21(27)20(18)24(35)32-7-4-15(5-8-32)33-11-16(12-33)34-10-14(9-31-34)22-17-3-6-28-23(17)30-13-29-22/h1-3,6,9-10,13,15H,4-5,7-8,11-12H2,(H,28,29,30). The van der Waals surface area contributed by atoms with Gasteiger partial charge in [0.2, 0.25) is 0 Å². The Morgan fingerprint density at radius 2 is 1.80 bits per heavy atom. The van der Waals surface area contributed by atoms with Crippen LogP contribution in [0.4, 0.5) is 13.2 Å². The van der Waals surface area contributed by atoms with Crippen LogP contribution in [0.15, 0.2) is 43.1 Å². The molecule has 1 amide bonds. The van der Waals surface area contributed by atoms with E-state index in [4.69, 9.17) is 0 Å². The van der Waals surface area contributed by atoms with Crippen molar-refractivity contribution in [2.24, 2.45) is 0 Å². The summed E-state index contributed by atoms with van der Waals surface area (Å²) < 4.78 is 43.4. The van der Waals surface area contributed by atoms with Gasteiger partial charge in [0.05, 0.1) is 11.9 Å². The maximum absolute atomic E-state index is 14.0. The monoisotopic (exact) mass is 480 g/mol. The predicted octanol–water partition coefficient (Wildman–Crippen LogP) is 3.24. The van der Waals surface area contributed by atoms with E-state index in [1.54, 1.807) is 6.20 Å². The van der Waals surface area contributed by atoms with Gasteiger partial charge in [0.1, 0.15) is 29.4 Å². The van der Waals surface area contributed by atoms with Gasteiger partial charge in [-0.25, -0.2) is 23.1 Å². The average molecular weight is 480 g/mol. The molecule has 11 heteroatoms. The zero-order valence-corrected chi connectivity index (χ0v) is 18.6. The molecule has 0 unspecified atom stereocenters. The Morgan fingerprint density at radius 3 is 2.60 bits per heavy atom. The lowest BCUT2D eigenvalue weighted by atomic mass is 9.97. The number of carbonyl (C=O) groups is 1. The summed E-state index contributed by atoms with van der Waals surface area (Å²) >= 11 is 0. The number of H-pyrrole nitrogens is 1. The van der Waals surface area contributed by atoms with Crippen LogP contribution in [0.5, 0.6) is 0 Å². The Labute approximate surface area is 198 Å². The van der Waals surface area contributed by atoms with E-state index in [2.05, 4.69) is 25.0 Å². The van der Waals surface area contributed by atoms with Gasteiger partial charge in [0, 0.05) is 55.6 Å². The normalized spacial score (nSPS) is 17.7. The molecule has 1 aromatic carbocycles. The van der Waals surface area contributed by atoms with Crippen LogP contribution in [0.25, 0.3) is 22.3 Å². The third-order valence-electron chi connectivity index (χ3n) is 6.83. The maximum atomic E-state index is 14.0. The first kappa shape index (κ1) is 21.8. The Hall–Kier alpha value is -3.73. The minimum atomic E-state index is -1.43. The summed E-state index contributed by atoms with van der Waals surface area (Å²) in [5.41, 5.74) is 1.69. The molecular weight excluding hydrogens is 459 g/mol. The van der Waals surface area contributed by atoms with Crippen LogP contribution < -0.4 is 0 Å². The summed E-state index contributed by atoms with van der Waals surface area (Å²) in [4.78, 5) is 28.0. The van der Waals surface area contributed by atoms with Crippen molar-refractivity contribution >= 4 is 16.9 Å². The average Bonchev–Trinajstić information content (AvgIpc) is 3.51.